The van der Waals surface area contributed by atoms with Crippen molar-refractivity contribution in [3.8, 4) is 17.2 Å². The largest absolute Gasteiger partial charge is 0.493 e. The summed E-state index contributed by atoms with van der Waals surface area (Å²) in [6.07, 6.45) is 0. The highest BCUT2D eigenvalue weighted by Crippen LogP contribution is 2.38. The van der Waals surface area contributed by atoms with Gasteiger partial charge < -0.3 is 24.8 Å². The van der Waals surface area contributed by atoms with E-state index in [-0.39, 0.29) is 16.9 Å². The predicted octanol–water partition coefficient (Wildman–Crippen LogP) is 3.74. The van der Waals surface area contributed by atoms with Crippen molar-refractivity contribution in [2.24, 2.45) is 0 Å². The molecule has 2 rings (SSSR count). The van der Waals surface area contributed by atoms with Crippen molar-refractivity contribution in [1.82, 2.24) is 10.3 Å². The average Bonchev–Trinajstić information content (AvgIpc) is 2.57. The van der Waals surface area contributed by atoms with Crippen molar-refractivity contribution in [2.45, 2.75) is 6.54 Å². The molecule has 0 aliphatic rings. The molecular weight excluding hydrogens is 369 g/mol. The van der Waals surface area contributed by atoms with Crippen LogP contribution in [0.1, 0.15) is 5.56 Å². The van der Waals surface area contributed by atoms with Gasteiger partial charge in [-0.05, 0) is 29.8 Å². The van der Waals surface area contributed by atoms with Gasteiger partial charge in [-0.1, -0.05) is 23.2 Å². The Bertz CT molecular complexity index is 726. The van der Waals surface area contributed by atoms with Crippen molar-refractivity contribution >= 4 is 34.9 Å². The lowest BCUT2D eigenvalue weighted by Crippen LogP contribution is -2.28. The summed E-state index contributed by atoms with van der Waals surface area (Å²) in [5, 5.41) is 5.72. The number of urea groups is 1. The number of aromatic nitrogens is 1. The molecule has 1 aromatic heterocycles. The number of carbonyl (C=O) groups is 1. The fraction of sp³-hybridized carbons (Fsp3) is 0.250. The fourth-order valence-electron chi connectivity index (χ4n) is 2.13. The summed E-state index contributed by atoms with van der Waals surface area (Å²) in [7, 11) is 4.58. The van der Waals surface area contributed by atoms with Crippen LogP contribution < -0.4 is 24.8 Å². The Morgan fingerprint density at radius 3 is 2.04 bits per heavy atom. The van der Waals surface area contributed by atoms with E-state index in [1.807, 2.05) is 0 Å². The van der Waals surface area contributed by atoms with E-state index in [2.05, 4.69) is 15.6 Å². The van der Waals surface area contributed by atoms with Crippen LogP contribution in [0.4, 0.5) is 10.5 Å². The number of anilines is 1. The Balaban J connectivity index is 2.06. The molecule has 2 amide bonds. The Kier molecular flexibility index (Phi) is 6.55. The number of methoxy groups -OCH3 is 3. The molecule has 134 valence electrons. The normalized spacial score (nSPS) is 10.1. The third-order valence-electron chi connectivity index (χ3n) is 3.20. The third-order valence-corrected chi connectivity index (χ3v) is 3.59. The number of amides is 2. The van der Waals surface area contributed by atoms with Gasteiger partial charge in [0.05, 0.1) is 21.3 Å². The summed E-state index contributed by atoms with van der Waals surface area (Å²) in [5.74, 6) is 1.50. The first-order chi connectivity index (χ1) is 12.0. The van der Waals surface area contributed by atoms with Crippen LogP contribution in [0.3, 0.4) is 0 Å². The second-order valence-electron chi connectivity index (χ2n) is 4.84. The monoisotopic (exact) mass is 385 g/mol. The standard InChI is InChI=1S/C16H17Cl2N3O4/c1-23-11-4-9(5-12(24-2)15(11)25-3)8-19-16(22)20-10-6-13(17)21-14(18)7-10/h4-7H,8H2,1-3H3,(H2,19,20,21,22). The first kappa shape index (κ1) is 19.0. The molecule has 0 spiro atoms. The van der Waals surface area contributed by atoms with Crippen molar-refractivity contribution in [2.75, 3.05) is 26.6 Å². The van der Waals surface area contributed by atoms with E-state index < -0.39 is 6.03 Å². The molecule has 0 radical (unpaired) electrons. The first-order valence-electron chi connectivity index (χ1n) is 7.13. The van der Waals surface area contributed by atoms with Crippen LogP contribution in [0.5, 0.6) is 17.2 Å². The number of rotatable bonds is 6. The molecule has 2 N–H and O–H groups in total. The number of ether oxygens (including phenoxy) is 3. The Hall–Kier alpha value is -2.38. The van der Waals surface area contributed by atoms with E-state index >= 15 is 0 Å². The van der Waals surface area contributed by atoms with E-state index in [1.54, 1.807) is 12.1 Å². The van der Waals surface area contributed by atoms with Gasteiger partial charge in [0.1, 0.15) is 10.3 Å². The van der Waals surface area contributed by atoms with E-state index in [0.717, 1.165) is 5.56 Å². The van der Waals surface area contributed by atoms with Gasteiger partial charge in [0, 0.05) is 12.2 Å². The van der Waals surface area contributed by atoms with Crippen molar-refractivity contribution in [1.29, 1.82) is 0 Å². The second kappa shape index (κ2) is 8.64. The van der Waals surface area contributed by atoms with E-state index in [0.29, 0.717) is 22.9 Å². The summed E-state index contributed by atoms with van der Waals surface area (Å²) in [4.78, 5) is 15.8. The predicted molar refractivity (Wildman–Crippen MR) is 96.2 cm³/mol. The van der Waals surface area contributed by atoms with Crippen molar-refractivity contribution in [3.05, 3.63) is 40.1 Å². The minimum atomic E-state index is -0.424. The molecule has 1 aromatic carbocycles. The smallest absolute Gasteiger partial charge is 0.319 e. The lowest BCUT2D eigenvalue weighted by Gasteiger charge is -2.14. The van der Waals surface area contributed by atoms with Crippen molar-refractivity contribution in [3.63, 3.8) is 0 Å². The topological polar surface area (TPSA) is 81.7 Å². The number of benzene rings is 1. The molecule has 7 nitrogen and oxygen atoms in total. The summed E-state index contributed by atoms with van der Waals surface area (Å²) in [5.41, 5.74) is 1.21. The Labute approximate surface area is 155 Å². The molecule has 2 aromatic rings. The minimum Gasteiger partial charge on any atom is -0.493 e. The summed E-state index contributed by atoms with van der Waals surface area (Å²) >= 11 is 11.6. The van der Waals surface area contributed by atoms with E-state index in [4.69, 9.17) is 37.4 Å². The number of nitrogens with one attached hydrogen (secondary N) is 2. The molecule has 0 saturated heterocycles. The van der Waals surface area contributed by atoms with E-state index in [1.165, 1.54) is 33.5 Å². The molecule has 1 heterocycles. The van der Waals surface area contributed by atoms with Gasteiger partial charge in [-0.15, -0.1) is 0 Å². The zero-order valence-electron chi connectivity index (χ0n) is 13.9. The molecule has 0 bridgehead atoms. The zero-order chi connectivity index (χ0) is 18.4. The zero-order valence-corrected chi connectivity index (χ0v) is 15.4. The molecule has 9 heteroatoms. The molecule has 25 heavy (non-hydrogen) atoms. The Morgan fingerprint density at radius 1 is 1.00 bits per heavy atom. The Morgan fingerprint density at radius 2 is 1.56 bits per heavy atom. The maximum Gasteiger partial charge on any atom is 0.319 e. The number of hydrogen-bond donors (Lipinski definition) is 2. The lowest BCUT2D eigenvalue weighted by molar-refractivity contribution is 0.251. The SMILES string of the molecule is COc1cc(CNC(=O)Nc2cc(Cl)nc(Cl)c2)cc(OC)c1OC. The highest BCUT2D eigenvalue weighted by molar-refractivity contribution is 6.32. The molecular formula is C16H17Cl2N3O4. The maximum absolute atomic E-state index is 12.0. The van der Waals surface area contributed by atoms with Gasteiger partial charge in [-0.25, -0.2) is 9.78 Å². The minimum absolute atomic E-state index is 0.187. The second-order valence-corrected chi connectivity index (χ2v) is 5.62. The quantitative estimate of drug-likeness (QED) is 0.740. The number of hydrogen-bond acceptors (Lipinski definition) is 5. The summed E-state index contributed by atoms with van der Waals surface area (Å²) in [6, 6.07) is 6.06. The molecule has 0 aliphatic carbocycles. The van der Waals surface area contributed by atoms with Gasteiger partial charge in [0.2, 0.25) is 5.75 Å². The molecule has 0 saturated carbocycles. The molecule has 0 aliphatic heterocycles. The highest BCUT2D eigenvalue weighted by Gasteiger charge is 2.13. The number of pyridine rings is 1. The maximum atomic E-state index is 12.0. The van der Waals surface area contributed by atoms with Crippen LogP contribution in [0, 0.1) is 0 Å². The van der Waals surface area contributed by atoms with Crippen LogP contribution in [-0.2, 0) is 6.54 Å². The average molecular weight is 386 g/mol. The summed E-state index contributed by atoms with van der Waals surface area (Å²) in [6.45, 7) is 0.245. The molecule has 0 unspecified atom stereocenters. The third kappa shape index (κ3) is 5.04. The highest BCUT2D eigenvalue weighted by atomic mass is 35.5. The summed E-state index contributed by atoms with van der Waals surface area (Å²) < 4.78 is 15.8. The van der Waals surface area contributed by atoms with Crippen LogP contribution in [0.25, 0.3) is 0 Å². The van der Waals surface area contributed by atoms with Gasteiger partial charge in [0.25, 0.3) is 0 Å². The van der Waals surface area contributed by atoms with Gasteiger partial charge in [0.15, 0.2) is 11.5 Å². The number of carbonyl (C=O) groups excluding carboxylic acids is 1. The number of halogens is 2. The van der Waals surface area contributed by atoms with Crippen LogP contribution in [0.15, 0.2) is 24.3 Å². The van der Waals surface area contributed by atoms with Crippen LogP contribution >= 0.6 is 23.2 Å². The van der Waals surface area contributed by atoms with E-state index in [9.17, 15) is 4.79 Å². The lowest BCUT2D eigenvalue weighted by atomic mass is 10.2. The molecule has 0 fully saturated rings. The van der Waals surface area contributed by atoms with Crippen LogP contribution in [-0.4, -0.2) is 32.3 Å². The fourth-order valence-corrected chi connectivity index (χ4v) is 2.59. The number of nitrogens with zero attached hydrogens (tertiary/aromatic N) is 1. The first-order valence-corrected chi connectivity index (χ1v) is 7.89. The van der Waals surface area contributed by atoms with Crippen molar-refractivity contribution < 1.29 is 19.0 Å². The van der Waals surface area contributed by atoms with Crippen LogP contribution in [0.2, 0.25) is 10.3 Å². The molecule has 0 atom stereocenters. The van der Waals surface area contributed by atoms with Gasteiger partial charge in [-0.2, -0.15) is 0 Å². The van der Waals surface area contributed by atoms with Gasteiger partial charge >= 0.3 is 6.03 Å². The van der Waals surface area contributed by atoms with Gasteiger partial charge in [-0.3, -0.25) is 0 Å².